The van der Waals surface area contributed by atoms with Crippen LogP contribution < -0.4 is 0 Å². The van der Waals surface area contributed by atoms with Crippen molar-refractivity contribution in [3.63, 3.8) is 0 Å². The largest absolute Gasteiger partial charge is 0.292 e. The highest BCUT2D eigenvalue weighted by molar-refractivity contribution is 6.30. The molecule has 1 aromatic heterocycles. The van der Waals surface area contributed by atoms with E-state index in [0.717, 1.165) is 6.07 Å². The summed E-state index contributed by atoms with van der Waals surface area (Å²) in [6.07, 6.45) is 2.71. The summed E-state index contributed by atoms with van der Waals surface area (Å²) in [5.41, 5.74) is -0.0000926. The highest BCUT2D eigenvalue weighted by atomic mass is 35.5. The van der Waals surface area contributed by atoms with E-state index in [1.807, 2.05) is 0 Å². The lowest BCUT2D eigenvalue weighted by Gasteiger charge is -2.02. The highest BCUT2D eigenvalue weighted by Gasteiger charge is 2.12. The number of halogens is 2. The first kappa shape index (κ1) is 10.8. The Kier molecular flexibility index (Phi) is 2.96. The van der Waals surface area contributed by atoms with Gasteiger partial charge in [0.15, 0.2) is 5.78 Å². The van der Waals surface area contributed by atoms with Crippen LogP contribution in [0.4, 0.5) is 4.39 Å². The molecule has 2 rings (SSSR count). The van der Waals surface area contributed by atoms with Crippen molar-refractivity contribution in [1.82, 2.24) is 14.8 Å². The molecule has 0 spiro atoms. The maximum absolute atomic E-state index is 13.4. The molecule has 0 aliphatic carbocycles. The molecule has 2 aromatic rings. The molecule has 82 valence electrons. The number of hydrogen-bond donors (Lipinski definition) is 0. The maximum atomic E-state index is 13.4. The third-order valence-electron chi connectivity index (χ3n) is 2.00. The molecule has 0 saturated carbocycles. The third-order valence-corrected chi connectivity index (χ3v) is 2.24. The molecular formula is C10H7ClFN3O. The lowest BCUT2D eigenvalue weighted by molar-refractivity contribution is 0.0963. The first-order valence-corrected chi connectivity index (χ1v) is 4.85. The van der Waals surface area contributed by atoms with Crippen LogP contribution in [0.5, 0.6) is 0 Å². The second kappa shape index (κ2) is 4.40. The van der Waals surface area contributed by atoms with Gasteiger partial charge in [-0.15, -0.1) is 0 Å². The number of rotatable bonds is 3. The topological polar surface area (TPSA) is 47.8 Å². The molecule has 0 aliphatic heterocycles. The summed E-state index contributed by atoms with van der Waals surface area (Å²) in [7, 11) is 0. The van der Waals surface area contributed by atoms with E-state index >= 15 is 0 Å². The average molecular weight is 240 g/mol. The van der Waals surface area contributed by atoms with Crippen molar-refractivity contribution in [3.05, 3.63) is 47.3 Å². The number of carbonyl (C=O) groups excluding carboxylic acids is 1. The van der Waals surface area contributed by atoms with Gasteiger partial charge in [-0.1, -0.05) is 11.6 Å². The Bertz CT molecular complexity index is 513. The number of carbonyl (C=O) groups is 1. The van der Waals surface area contributed by atoms with Gasteiger partial charge in [0.1, 0.15) is 25.0 Å². The average Bonchev–Trinajstić information content (AvgIpc) is 2.70. The predicted octanol–water partition coefficient (Wildman–Crippen LogP) is 1.95. The van der Waals surface area contributed by atoms with Gasteiger partial charge in [-0.05, 0) is 18.2 Å². The molecule has 4 nitrogen and oxygen atoms in total. The summed E-state index contributed by atoms with van der Waals surface area (Å²) in [5.74, 6) is -1.00. The van der Waals surface area contributed by atoms with Crippen molar-refractivity contribution in [2.24, 2.45) is 0 Å². The number of nitrogens with zero attached hydrogens (tertiary/aromatic N) is 3. The van der Waals surface area contributed by atoms with Crippen LogP contribution >= 0.6 is 11.6 Å². The number of hydrogen-bond acceptors (Lipinski definition) is 3. The Morgan fingerprint density at radius 2 is 2.31 bits per heavy atom. The first-order chi connectivity index (χ1) is 7.66. The minimum Gasteiger partial charge on any atom is -0.292 e. The highest BCUT2D eigenvalue weighted by Crippen LogP contribution is 2.15. The van der Waals surface area contributed by atoms with E-state index < -0.39 is 5.82 Å². The SMILES string of the molecule is O=C(Cn1cncn1)c1ccc(Cl)cc1F. The van der Waals surface area contributed by atoms with Crippen LogP contribution in [0.1, 0.15) is 10.4 Å². The van der Waals surface area contributed by atoms with Crippen molar-refractivity contribution in [2.75, 3.05) is 0 Å². The van der Waals surface area contributed by atoms with Gasteiger partial charge in [-0.25, -0.2) is 14.1 Å². The molecule has 6 heteroatoms. The van der Waals surface area contributed by atoms with E-state index in [-0.39, 0.29) is 22.9 Å². The Labute approximate surface area is 95.7 Å². The molecule has 0 N–H and O–H groups in total. The molecule has 0 fully saturated rings. The summed E-state index contributed by atoms with van der Waals surface area (Å²) in [6, 6.07) is 3.94. The van der Waals surface area contributed by atoms with Crippen LogP contribution in [-0.4, -0.2) is 20.5 Å². The monoisotopic (exact) mass is 239 g/mol. The molecule has 1 aromatic carbocycles. The van der Waals surface area contributed by atoms with Crippen LogP contribution in [0.15, 0.2) is 30.9 Å². The normalized spacial score (nSPS) is 10.4. The molecule has 0 bridgehead atoms. The zero-order chi connectivity index (χ0) is 11.5. The molecule has 1 heterocycles. The van der Waals surface area contributed by atoms with Gasteiger partial charge in [-0.2, -0.15) is 5.10 Å². The lowest BCUT2D eigenvalue weighted by atomic mass is 10.1. The van der Waals surface area contributed by atoms with Crippen molar-refractivity contribution in [3.8, 4) is 0 Å². The number of ketones is 1. The Hall–Kier alpha value is -1.75. The van der Waals surface area contributed by atoms with E-state index in [9.17, 15) is 9.18 Å². The summed E-state index contributed by atoms with van der Waals surface area (Å²) in [5, 5.41) is 4.02. The standard InChI is InChI=1S/C10H7ClFN3O/c11-7-1-2-8(9(12)3-7)10(16)4-15-6-13-5-14-15/h1-3,5-6H,4H2. The van der Waals surface area contributed by atoms with Gasteiger partial charge in [0.05, 0.1) is 5.56 Å². The Morgan fingerprint density at radius 1 is 1.50 bits per heavy atom. The predicted molar refractivity (Wildman–Crippen MR) is 55.8 cm³/mol. The summed E-state index contributed by atoms with van der Waals surface area (Å²) < 4.78 is 14.7. The van der Waals surface area contributed by atoms with Gasteiger partial charge in [0, 0.05) is 5.02 Å². The minimum atomic E-state index is -0.627. The first-order valence-electron chi connectivity index (χ1n) is 4.47. The van der Waals surface area contributed by atoms with Gasteiger partial charge >= 0.3 is 0 Å². The van der Waals surface area contributed by atoms with Crippen LogP contribution in [0.25, 0.3) is 0 Å². The smallest absolute Gasteiger partial charge is 0.187 e. The zero-order valence-corrected chi connectivity index (χ0v) is 8.86. The Morgan fingerprint density at radius 3 is 2.94 bits per heavy atom. The number of benzene rings is 1. The zero-order valence-electron chi connectivity index (χ0n) is 8.10. The van der Waals surface area contributed by atoms with E-state index in [0.29, 0.717) is 0 Å². The second-order valence-electron chi connectivity index (χ2n) is 3.14. The van der Waals surface area contributed by atoms with Crippen molar-refractivity contribution in [1.29, 1.82) is 0 Å². The molecular weight excluding hydrogens is 233 g/mol. The van der Waals surface area contributed by atoms with Crippen LogP contribution in [0.3, 0.4) is 0 Å². The van der Waals surface area contributed by atoms with Crippen molar-refractivity contribution < 1.29 is 9.18 Å². The summed E-state index contributed by atoms with van der Waals surface area (Å²) in [6.45, 7) is -0.0431. The summed E-state index contributed by atoms with van der Waals surface area (Å²) >= 11 is 5.59. The molecule has 0 radical (unpaired) electrons. The number of Topliss-reactive ketones (excluding diaryl/α,β-unsaturated/α-hetero) is 1. The quantitative estimate of drug-likeness (QED) is 0.770. The van der Waals surface area contributed by atoms with E-state index in [1.165, 1.54) is 29.5 Å². The van der Waals surface area contributed by atoms with Crippen LogP contribution in [0.2, 0.25) is 5.02 Å². The van der Waals surface area contributed by atoms with Gasteiger partial charge < -0.3 is 0 Å². The van der Waals surface area contributed by atoms with Crippen LogP contribution in [-0.2, 0) is 6.54 Å². The van der Waals surface area contributed by atoms with Gasteiger partial charge in [0.25, 0.3) is 0 Å². The van der Waals surface area contributed by atoms with Gasteiger partial charge in [-0.3, -0.25) is 4.79 Å². The Balaban J connectivity index is 2.21. The molecule has 16 heavy (non-hydrogen) atoms. The maximum Gasteiger partial charge on any atom is 0.187 e. The van der Waals surface area contributed by atoms with Crippen molar-refractivity contribution >= 4 is 17.4 Å². The fourth-order valence-corrected chi connectivity index (χ4v) is 1.42. The number of aromatic nitrogens is 3. The van der Waals surface area contributed by atoms with Gasteiger partial charge in [0.2, 0.25) is 0 Å². The van der Waals surface area contributed by atoms with Crippen LogP contribution in [0, 0.1) is 5.82 Å². The van der Waals surface area contributed by atoms with E-state index in [1.54, 1.807) is 0 Å². The minimum absolute atomic E-state index is 0.0000926. The van der Waals surface area contributed by atoms with E-state index in [4.69, 9.17) is 11.6 Å². The van der Waals surface area contributed by atoms with E-state index in [2.05, 4.69) is 10.1 Å². The fraction of sp³-hybridized carbons (Fsp3) is 0.100. The summed E-state index contributed by atoms with van der Waals surface area (Å²) in [4.78, 5) is 15.4. The third kappa shape index (κ3) is 2.25. The van der Waals surface area contributed by atoms with Crippen molar-refractivity contribution in [2.45, 2.75) is 6.54 Å². The molecule has 0 saturated heterocycles. The molecule has 0 amide bonds. The fourth-order valence-electron chi connectivity index (χ4n) is 1.26. The molecule has 0 aliphatic rings. The second-order valence-corrected chi connectivity index (χ2v) is 3.58. The lowest BCUT2D eigenvalue weighted by Crippen LogP contribution is -2.12. The molecule has 0 unspecified atom stereocenters. The molecule has 0 atom stereocenters.